The van der Waals surface area contributed by atoms with Gasteiger partial charge >= 0.3 is 0 Å². The topological polar surface area (TPSA) is 35.1 Å². The Hall–Kier alpha value is -1.77. The number of aryl methyl sites for hydroxylation is 2. The molecule has 0 N–H and O–H groups in total. The van der Waals surface area contributed by atoms with E-state index in [4.69, 9.17) is 4.42 Å². The first-order valence-electron chi connectivity index (χ1n) is 7.58. The number of hydrogen-bond donors (Lipinski definition) is 0. The van der Waals surface area contributed by atoms with Crippen molar-refractivity contribution in [2.45, 2.75) is 53.5 Å². The Labute approximate surface area is 126 Å². The first-order chi connectivity index (χ1) is 9.78. The number of Topliss-reactive ketones (excluding diaryl/α,β-unsaturated/α-hetero) is 1. The van der Waals surface area contributed by atoms with E-state index in [1.54, 1.807) is 0 Å². The molecule has 1 aliphatic carbocycles. The Morgan fingerprint density at radius 1 is 1.29 bits per heavy atom. The Morgan fingerprint density at radius 3 is 2.62 bits per heavy atom. The van der Waals surface area contributed by atoms with Crippen molar-refractivity contribution in [1.82, 2.24) is 4.57 Å². The molecule has 2 aromatic rings. The quantitative estimate of drug-likeness (QED) is 0.816. The maximum absolute atomic E-state index is 12.3. The highest BCUT2D eigenvalue weighted by Gasteiger charge is 2.34. The van der Waals surface area contributed by atoms with Gasteiger partial charge in [0.1, 0.15) is 11.5 Å². The Bertz CT molecular complexity index is 703. The Morgan fingerprint density at radius 2 is 2.00 bits per heavy atom. The maximum Gasteiger partial charge on any atom is 0.165 e. The number of fused-ring (bicyclic) bond motifs is 1. The molecule has 0 spiro atoms. The Balaban J connectivity index is 2.05. The molecule has 0 amide bonds. The number of nitrogens with zero attached hydrogens (tertiary/aromatic N) is 1. The second-order valence-electron chi connectivity index (χ2n) is 7.07. The van der Waals surface area contributed by atoms with Crippen molar-refractivity contribution in [2.24, 2.45) is 5.41 Å². The van der Waals surface area contributed by atoms with Crippen LogP contribution in [0.1, 0.15) is 66.4 Å². The van der Waals surface area contributed by atoms with Gasteiger partial charge in [0.15, 0.2) is 5.78 Å². The molecular formula is C18H23NO2. The summed E-state index contributed by atoms with van der Waals surface area (Å²) in [5.41, 5.74) is 3.31. The molecule has 2 heterocycles. The number of aromatic nitrogens is 1. The summed E-state index contributed by atoms with van der Waals surface area (Å²) in [5.74, 6) is 2.17. The van der Waals surface area contributed by atoms with Crippen LogP contribution in [0.25, 0.3) is 0 Å². The van der Waals surface area contributed by atoms with Crippen molar-refractivity contribution < 1.29 is 9.21 Å². The van der Waals surface area contributed by atoms with Crippen LogP contribution >= 0.6 is 0 Å². The minimum atomic E-state index is 0.0429. The minimum absolute atomic E-state index is 0.0429. The van der Waals surface area contributed by atoms with Gasteiger partial charge in [0.25, 0.3) is 0 Å². The smallest absolute Gasteiger partial charge is 0.165 e. The number of ketones is 1. The molecule has 0 aromatic carbocycles. The van der Waals surface area contributed by atoms with Crippen LogP contribution in [0.3, 0.4) is 0 Å². The number of rotatable bonds is 2. The minimum Gasteiger partial charge on any atom is -0.466 e. The zero-order valence-corrected chi connectivity index (χ0v) is 13.5. The molecule has 0 saturated heterocycles. The van der Waals surface area contributed by atoms with Crippen molar-refractivity contribution in [1.29, 1.82) is 0 Å². The first kappa shape index (κ1) is 14.2. The predicted octanol–water partition coefficient (Wildman–Crippen LogP) is 4.46. The highest BCUT2D eigenvalue weighted by atomic mass is 16.3. The summed E-state index contributed by atoms with van der Waals surface area (Å²) >= 11 is 0. The molecule has 0 aliphatic heterocycles. The highest BCUT2D eigenvalue weighted by molar-refractivity contribution is 5.98. The van der Waals surface area contributed by atoms with E-state index in [-0.39, 0.29) is 17.2 Å². The van der Waals surface area contributed by atoms with Gasteiger partial charge in [-0.1, -0.05) is 13.8 Å². The zero-order chi connectivity index (χ0) is 15.4. The Kier molecular flexibility index (Phi) is 3.12. The predicted molar refractivity (Wildman–Crippen MR) is 82.9 cm³/mol. The molecule has 1 aliphatic rings. The van der Waals surface area contributed by atoms with Crippen LogP contribution < -0.4 is 0 Å². The highest BCUT2D eigenvalue weighted by Crippen LogP contribution is 2.37. The van der Waals surface area contributed by atoms with E-state index in [1.807, 2.05) is 19.9 Å². The van der Waals surface area contributed by atoms with Crippen LogP contribution in [0, 0.1) is 19.3 Å². The van der Waals surface area contributed by atoms with E-state index < -0.39 is 0 Å². The molecule has 0 saturated carbocycles. The van der Waals surface area contributed by atoms with Crippen molar-refractivity contribution in [3.8, 4) is 0 Å². The van der Waals surface area contributed by atoms with Gasteiger partial charge in [0, 0.05) is 29.4 Å². The number of carbonyl (C=O) groups is 1. The summed E-state index contributed by atoms with van der Waals surface area (Å²) in [5, 5.41) is 0. The van der Waals surface area contributed by atoms with Gasteiger partial charge < -0.3 is 8.98 Å². The van der Waals surface area contributed by atoms with Gasteiger partial charge in [-0.15, -0.1) is 0 Å². The summed E-state index contributed by atoms with van der Waals surface area (Å²) in [6, 6.07) is 4.27. The van der Waals surface area contributed by atoms with Gasteiger partial charge in [-0.05, 0) is 44.7 Å². The number of carbonyl (C=O) groups excluding carboxylic acids is 1. The van der Waals surface area contributed by atoms with Gasteiger partial charge in [0.2, 0.25) is 0 Å². The molecule has 1 atom stereocenters. The van der Waals surface area contributed by atoms with E-state index in [1.165, 1.54) is 11.3 Å². The van der Waals surface area contributed by atoms with E-state index >= 15 is 0 Å². The van der Waals surface area contributed by atoms with Crippen molar-refractivity contribution >= 4 is 5.78 Å². The first-order valence-corrected chi connectivity index (χ1v) is 7.58. The average molecular weight is 285 g/mol. The average Bonchev–Trinajstić information content (AvgIpc) is 2.90. The van der Waals surface area contributed by atoms with Crippen LogP contribution in [-0.4, -0.2) is 10.4 Å². The molecule has 3 rings (SSSR count). The van der Waals surface area contributed by atoms with Gasteiger partial charge in [-0.2, -0.15) is 0 Å². The lowest BCUT2D eigenvalue weighted by atomic mass is 9.76. The molecule has 0 fully saturated rings. The fourth-order valence-electron chi connectivity index (χ4n) is 3.54. The third kappa shape index (κ3) is 2.35. The third-order valence-corrected chi connectivity index (χ3v) is 4.56. The van der Waals surface area contributed by atoms with Crippen molar-refractivity contribution in [2.75, 3.05) is 0 Å². The molecule has 112 valence electrons. The lowest BCUT2D eigenvalue weighted by molar-refractivity contribution is 0.0909. The van der Waals surface area contributed by atoms with Gasteiger partial charge in [0.05, 0.1) is 6.04 Å². The van der Waals surface area contributed by atoms with E-state index in [0.29, 0.717) is 6.42 Å². The molecule has 2 aromatic heterocycles. The fourth-order valence-corrected chi connectivity index (χ4v) is 3.54. The van der Waals surface area contributed by atoms with Crippen LogP contribution in [0.5, 0.6) is 0 Å². The largest absolute Gasteiger partial charge is 0.466 e. The lowest BCUT2D eigenvalue weighted by Gasteiger charge is -2.31. The van der Waals surface area contributed by atoms with E-state index in [9.17, 15) is 4.79 Å². The standard InChI is InChI=1S/C18H23NO2/c1-11-8-15(13(3)21-11)12(2)19-7-6-14-16(19)9-18(4,5)10-17(14)20/h6-8,12H,9-10H2,1-5H3. The molecule has 0 bridgehead atoms. The normalized spacial score (nSPS) is 18.6. The molecular weight excluding hydrogens is 262 g/mol. The summed E-state index contributed by atoms with van der Waals surface area (Å²) in [7, 11) is 0. The second kappa shape index (κ2) is 4.62. The van der Waals surface area contributed by atoms with Gasteiger partial charge in [-0.3, -0.25) is 4.79 Å². The van der Waals surface area contributed by atoms with E-state index in [0.717, 1.165) is 23.5 Å². The lowest BCUT2D eigenvalue weighted by Crippen LogP contribution is -2.28. The fraction of sp³-hybridized carbons (Fsp3) is 0.500. The van der Waals surface area contributed by atoms with Crippen LogP contribution in [0.15, 0.2) is 22.7 Å². The third-order valence-electron chi connectivity index (χ3n) is 4.56. The zero-order valence-electron chi connectivity index (χ0n) is 13.5. The van der Waals surface area contributed by atoms with Crippen LogP contribution in [0.2, 0.25) is 0 Å². The summed E-state index contributed by atoms with van der Waals surface area (Å²) in [4.78, 5) is 12.3. The van der Waals surface area contributed by atoms with Gasteiger partial charge in [-0.25, -0.2) is 0 Å². The number of furan rings is 1. The molecule has 3 heteroatoms. The van der Waals surface area contributed by atoms with Crippen molar-refractivity contribution in [3.63, 3.8) is 0 Å². The number of hydrogen-bond acceptors (Lipinski definition) is 2. The second-order valence-corrected chi connectivity index (χ2v) is 7.07. The summed E-state index contributed by atoms with van der Waals surface area (Å²) in [6.45, 7) is 10.5. The molecule has 21 heavy (non-hydrogen) atoms. The monoisotopic (exact) mass is 285 g/mol. The summed E-state index contributed by atoms with van der Waals surface area (Å²) in [6.07, 6.45) is 3.64. The molecule has 0 radical (unpaired) electrons. The molecule has 3 nitrogen and oxygen atoms in total. The van der Waals surface area contributed by atoms with E-state index in [2.05, 4.69) is 37.6 Å². The van der Waals surface area contributed by atoms with Crippen LogP contribution in [-0.2, 0) is 6.42 Å². The summed E-state index contributed by atoms with van der Waals surface area (Å²) < 4.78 is 7.90. The maximum atomic E-state index is 12.3. The molecule has 1 unspecified atom stereocenters. The van der Waals surface area contributed by atoms with Crippen molar-refractivity contribution in [3.05, 3.63) is 46.7 Å². The SMILES string of the molecule is Cc1cc(C(C)n2ccc3c2CC(C)(C)CC3=O)c(C)o1. The van der Waals surface area contributed by atoms with Crippen LogP contribution in [0.4, 0.5) is 0 Å².